The molecule has 0 bridgehead atoms. The topological polar surface area (TPSA) is 52.6 Å². The highest BCUT2D eigenvalue weighted by Gasteiger charge is 2.38. The summed E-state index contributed by atoms with van der Waals surface area (Å²) in [5.41, 5.74) is 1.12. The van der Waals surface area contributed by atoms with Gasteiger partial charge in [-0.05, 0) is 24.5 Å². The molecule has 0 heterocycles. The van der Waals surface area contributed by atoms with E-state index in [1.807, 2.05) is 18.2 Å². The van der Waals surface area contributed by atoms with E-state index in [0.717, 1.165) is 47.4 Å². The monoisotopic (exact) mass is 328 g/mol. The van der Waals surface area contributed by atoms with Crippen LogP contribution in [0, 0.1) is 0 Å². The molecular formula is C20H24O4. The Balaban J connectivity index is 2.01. The van der Waals surface area contributed by atoms with Crippen molar-refractivity contribution in [3.05, 3.63) is 28.1 Å². The summed E-state index contributed by atoms with van der Waals surface area (Å²) in [6, 6.07) is 3.79. The number of benzene rings is 1. The summed E-state index contributed by atoms with van der Waals surface area (Å²) >= 11 is 0. The maximum Gasteiger partial charge on any atom is 0.200 e. The van der Waals surface area contributed by atoms with E-state index in [1.165, 1.54) is 0 Å². The second-order valence-electron chi connectivity index (χ2n) is 6.32. The van der Waals surface area contributed by atoms with Gasteiger partial charge in [0.25, 0.3) is 0 Å². The molecule has 1 aromatic rings. The normalized spacial score (nSPS) is 18.6. The van der Waals surface area contributed by atoms with Crippen LogP contribution in [-0.2, 0) is 14.3 Å². The van der Waals surface area contributed by atoms with E-state index in [0.29, 0.717) is 18.8 Å². The Morgan fingerprint density at radius 3 is 2.58 bits per heavy atom. The van der Waals surface area contributed by atoms with Crippen molar-refractivity contribution in [3.63, 3.8) is 0 Å². The SMILES string of the molecule is CCCCOc1ccc2c3c1=CCC(=O)C=3C(=O)C2OCCCC. The molecule has 2 aliphatic carbocycles. The molecule has 128 valence electrons. The Kier molecular flexibility index (Phi) is 5.14. The number of unbranched alkanes of at least 4 members (excludes halogenated alkanes) is 2. The van der Waals surface area contributed by atoms with Gasteiger partial charge in [-0.25, -0.2) is 0 Å². The van der Waals surface area contributed by atoms with Gasteiger partial charge < -0.3 is 9.47 Å². The molecule has 1 unspecified atom stereocenters. The Bertz CT molecular complexity index is 776. The van der Waals surface area contributed by atoms with Crippen molar-refractivity contribution in [1.82, 2.24) is 0 Å². The van der Waals surface area contributed by atoms with E-state index in [1.54, 1.807) is 0 Å². The summed E-state index contributed by atoms with van der Waals surface area (Å²) in [5.74, 6) is 0.460. The summed E-state index contributed by atoms with van der Waals surface area (Å²) in [5, 5.41) is 1.62. The standard InChI is InChI=1S/C20H24O4/c1-3-5-11-23-16-10-8-14-17-13(16)7-9-15(21)18(17)19(22)20(14)24-12-6-4-2/h7-8,10,20H,3-6,9,11-12H2,1-2H3. The fraction of sp³-hybridized carbons (Fsp3) is 0.500. The molecule has 3 rings (SSSR count). The van der Waals surface area contributed by atoms with Gasteiger partial charge in [0.2, 0.25) is 0 Å². The molecule has 0 amide bonds. The predicted octanol–water partition coefficient (Wildman–Crippen LogP) is 2.21. The average Bonchev–Trinajstić information content (AvgIpc) is 2.86. The van der Waals surface area contributed by atoms with Gasteiger partial charge in [-0.15, -0.1) is 0 Å². The van der Waals surface area contributed by atoms with Crippen LogP contribution in [0.1, 0.15) is 57.6 Å². The number of carbonyl (C=O) groups excluding carboxylic acids is 2. The molecule has 0 aromatic heterocycles. The van der Waals surface area contributed by atoms with E-state index < -0.39 is 6.10 Å². The average molecular weight is 328 g/mol. The van der Waals surface area contributed by atoms with Crippen molar-refractivity contribution < 1.29 is 19.1 Å². The van der Waals surface area contributed by atoms with E-state index in [4.69, 9.17) is 9.47 Å². The zero-order valence-electron chi connectivity index (χ0n) is 14.4. The number of Topliss-reactive ketones (excluding diaryl/α,β-unsaturated/α-hetero) is 2. The van der Waals surface area contributed by atoms with Crippen LogP contribution in [0.5, 0.6) is 5.75 Å². The van der Waals surface area contributed by atoms with Gasteiger partial charge in [0.15, 0.2) is 11.6 Å². The number of ether oxygens (including phenoxy) is 2. The Morgan fingerprint density at radius 2 is 1.83 bits per heavy atom. The molecule has 1 atom stereocenters. The van der Waals surface area contributed by atoms with Crippen LogP contribution in [0.25, 0.3) is 11.6 Å². The number of carbonyl (C=O) groups is 2. The molecule has 0 N–H and O–H groups in total. The minimum absolute atomic E-state index is 0.110. The molecule has 0 fully saturated rings. The Hall–Kier alpha value is -1.94. The number of rotatable bonds is 8. The third-order valence-electron chi connectivity index (χ3n) is 4.56. The highest BCUT2D eigenvalue weighted by atomic mass is 16.5. The summed E-state index contributed by atoms with van der Waals surface area (Å²) in [7, 11) is 0. The molecule has 0 saturated heterocycles. The molecular weight excluding hydrogens is 304 g/mol. The summed E-state index contributed by atoms with van der Waals surface area (Å²) in [4.78, 5) is 25.0. The van der Waals surface area contributed by atoms with Crippen LogP contribution in [-0.4, -0.2) is 24.8 Å². The van der Waals surface area contributed by atoms with Crippen LogP contribution in [0.2, 0.25) is 0 Å². The van der Waals surface area contributed by atoms with Gasteiger partial charge in [-0.2, -0.15) is 0 Å². The first kappa shape index (κ1) is 16.9. The zero-order valence-corrected chi connectivity index (χ0v) is 14.4. The molecule has 0 aliphatic heterocycles. The second kappa shape index (κ2) is 7.31. The molecule has 24 heavy (non-hydrogen) atoms. The number of hydrogen-bond donors (Lipinski definition) is 0. The first-order valence-electron chi connectivity index (χ1n) is 8.88. The first-order valence-corrected chi connectivity index (χ1v) is 8.88. The number of ketones is 2. The smallest absolute Gasteiger partial charge is 0.200 e. The van der Waals surface area contributed by atoms with Gasteiger partial charge >= 0.3 is 0 Å². The van der Waals surface area contributed by atoms with Crippen LogP contribution >= 0.6 is 0 Å². The van der Waals surface area contributed by atoms with Gasteiger partial charge in [0, 0.05) is 23.5 Å². The maximum absolute atomic E-state index is 12.7. The molecule has 2 aliphatic rings. The lowest BCUT2D eigenvalue weighted by molar-refractivity contribution is -0.126. The van der Waals surface area contributed by atoms with Gasteiger partial charge in [-0.3, -0.25) is 9.59 Å². The van der Waals surface area contributed by atoms with Crippen molar-refractivity contribution in [2.75, 3.05) is 13.2 Å². The molecule has 4 heteroatoms. The van der Waals surface area contributed by atoms with Crippen LogP contribution in [0.15, 0.2) is 12.1 Å². The largest absolute Gasteiger partial charge is 0.493 e. The zero-order chi connectivity index (χ0) is 17.1. The van der Waals surface area contributed by atoms with Crippen molar-refractivity contribution in [3.8, 4) is 5.75 Å². The van der Waals surface area contributed by atoms with Gasteiger partial charge in [0.05, 0.1) is 12.2 Å². The Morgan fingerprint density at radius 1 is 1.08 bits per heavy atom. The third-order valence-corrected chi connectivity index (χ3v) is 4.56. The second-order valence-corrected chi connectivity index (χ2v) is 6.32. The Labute approximate surface area is 142 Å². The number of hydrogen-bond acceptors (Lipinski definition) is 4. The highest BCUT2D eigenvalue weighted by molar-refractivity contribution is 6.44. The minimum Gasteiger partial charge on any atom is -0.493 e. The lowest BCUT2D eigenvalue weighted by atomic mass is 9.99. The van der Waals surface area contributed by atoms with Gasteiger partial charge in [0.1, 0.15) is 11.9 Å². The molecule has 1 aromatic carbocycles. The van der Waals surface area contributed by atoms with Gasteiger partial charge in [-0.1, -0.05) is 38.8 Å². The van der Waals surface area contributed by atoms with Crippen molar-refractivity contribution >= 4 is 23.2 Å². The lowest BCUT2D eigenvalue weighted by Gasteiger charge is -2.13. The predicted molar refractivity (Wildman–Crippen MR) is 92.2 cm³/mol. The molecule has 4 nitrogen and oxygen atoms in total. The van der Waals surface area contributed by atoms with Crippen LogP contribution in [0.3, 0.4) is 0 Å². The fourth-order valence-electron chi connectivity index (χ4n) is 3.25. The van der Waals surface area contributed by atoms with E-state index in [2.05, 4.69) is 13.8 Å². The summed E-state index contributed by atoms with van der Waals surface area (Å²) < 4.78 is 11.7. The fourth-order valence-corrected chi connectivity index (χ4v) is 3.25. The summed E-state index contributed by atoms with van der Waals surface area (Å²) in [6.07, 6.45) is 5.45. The van der Waals surface area contributed by atoms with Crippen molar-refractivity contribution in [1.29, 1.82) is 0 Å². The molecule has 0 spiro atoms. The quantitative estimate of drug-likeness (QED) is 0.687. The summed E-state index contributed by atoms with van der Waals surface area (Å²) in [6.45, 7) is 5.37. The van der Waals surface area contributed by atoms with E-state index in [-0.39, 0.29) is 18.0 Å². The first-order chi connectivity index (χ1) is 11.7. The molecule has 0 saturated carbocycles. The highest BCUT2D eigenvalue weighted by Crippen LogP contribution is 2.28. The van der Waals surface area contributed by atoms with Crippen LogP contribution < -0.4 is 15.2 Å². The van der Waals surface area contributed by atoms with Crippen molar-refractivity contribution in [2.45, 2.75) is 52.1 Å². The van der Waals surface area contributed by atoms with E-state index >= 15 is 0 Å². The van der Waals surface area contributed by atoms with Crippen molar-refractivity contribution in [2.24, 2.45) is 0 Å². The van der Waals surface area contributed by atoms with E-state index in [9.17, 15) is 9.59 Å². The lowest BCUT2D eigenvalue weighted by Crippen LogP contribution is -2.35. The molecule has 0 radical (unpaired) electrons. The maximum atomic E-state index is 12.7. The minimum atomic E-state index is -0.638. The van der Waals surface area contributed by atoms with Crippen LogP contribution in [0.4, 0.5) is 0 Å². The third kappa shape index (κ3) is 2.91.